The van der Waals surface area contributed by atoms with Gasteiger partial charge >= 0.3 is 0 Å². The fourth-order valence-corrected chi connectivity index (χ4v) is 3.42. The molecule has 0 saturated heterocycles. The van der Waals surface area contributed by atoms with Gasteiger partial charge < -0.3 is 5.11 Å². The Morgan fingerprint density at radius 1 is 1.40 bits per heavy atom. The van der Waals surface area contributed by atoms with Crippen LogP contribution in [-0.2, 0) is 10.0 Å². The van der Waals surface area contributed by atoms with Crippen LogP contribution in [0.1, 0.15) is 25.8 Å². The molecule has 0 aliphatic rings. The van der Waals surface area contributed by atoms with Crippen LogP contribution >= 0.6 is 0 Å². The first-order valence-corrected chi connectivity index (χ1v) is 7.57. The van der Waals surface area contributed by atoms with Gasteiger partial charge in [0.15, 0.2) is 0 Å². The third kappa shape index (κ3) is 4.26. The smallest absolute Gasteiger partial charge is 0.269 e. The molecule has 1 aromatic rings. The van der Waals surface area contributed by atoms with Crippen LogP contribution in [0.5, 0.6) is 0 Å². The summed E-state index contributed by atoms with van der Waals surface area (Å²) in [4.78, 5) is 10.0. The van der Waals surface area contributed by atoms with E-state index in [-0.39, 0.29) is 17.0 Å². The highest BCUT2D eigenvalue weighted by atomic mass is 32.2. The molecular formula is C12H18N2O5S. The first kappa shape index (κ1) is 16.5. The van der Waals surface area contributed by atoms with Crippen molar-refractivity contribution in [1.82, 2.24) is 4.72 Å². The van der Waals surface area contributed by atoms with Gasteiger partial charge in [-0.05, 0) is 38.8 Å². The lowest BCUT2D eigenvalue weighted by atomic mass is 10.2. The van der Waals surface area contributed by atoms with Gasteiger partial charge in [0.2, 0.25) is 10.0 Å². The second kappa shape index (κ2) is 6.29. The van der Waals surface area contributed by atoms with E-state index in [1.54, 1.807) is 13.8 Å². The quantitative estimate of drug-likeness (QED) is 0.608. The maximum Gasteiger partial charge on any atom is 0.269 e. The number of aliphatic hydroxyl groups excluding tert-OH is 1. The Bertz CT molecular complexity index is 598. The number of nitrogens with zero attached hydrogens (tertiary/aromatic N) is 1. The third-order valence-corrected chi connectivity index (χ3v) is 4.46. The molecule has 112 valence electrons. The van der Waals surface area contributed by atoms with E-state index in [4.69, 9.17) is 0 Å². The second-order valence-electron chi connectivity index (χ2n) is 4.81. The monoisotopic (exact) mass is 302 g/mol. The molecule has 2 atom stereocenters. The van der Waals surface area contributed by atoms with Crippen molar-refractivity contribution in [3.8, 4) is 0 Å². The SMILES string of the molecule is Cc1cc([N+](=O)[O-])ccc1S(=O)(=O)NC(C)CC(C)O. The predicted octanol–water partition coefficient (Wildman–Crippen LogP) is 1.34. The zero-order chi connectivity index (χ0) is 15.5. The Kier molecular flexibility index (Phi) is 5.21. The van der Waals surface area contributed by atoms with E-state index in [1.807, 2.05) is 0 Å². The molecule has 0 heterocycles. The highest BCUT2D eigenvalue weighted by Crippen LogP contribution is 2.21. The van der Waals surface area contributed by atoms with E-state index in [0.29, 0.717) is 5.56 Å². The average Bonchev–Trinajstić information content (AvgIpc) is 2.25. The summed E-state index contributed by atoms with van der Waals surface area (Å²) in [7, 11) is -3.76. The van der Waals surface area contributed by atoms with Crippen molar-refractivity contribution in [3.63, 3.8) is 0 Å². The molecule has 0 amide bonds. The Morgan fingerprint density at radius 2 is 2.00 bits per heavy atom. The van der Waals surface area contributed by atoms with Gasteiger partial charge in [-0.15, -0.1) is 0 Å². The zero-order valence-electron chi connectivity index (χ0n) is 11.5. The van der Waals surface area contributed by atoms with Gasteiger partial charge in [-0.3, -0.25) is 10.1 Å². The number of nitro groups is 1. The van der Waals surface area contributed by atoms with Crippen molar-refractivity contribution in [2.75, 3.05) is 0 Å². The van der Waals surface area contributed by atoms with Crippen LogP contribution < -0.4 is 4.72 Å². The Morgan fingerprint density at radius 3 is 2.45 bits per heavy atom. The maximum absolute atomic E-state index is 12.2. The number of hydrogen-bond acceptors (Lipinski definition) is 5. The summed E-state index contributed by atoms with van der Waals surface area (Å²) < 4.78 is 26.8. The molecule has 2 N–H and O–H groups in total. The molecule has 0 aromatic heterocycles. The first-order valence-electron chi connectivity index (χ1n) is 6.09. The van der Waals surface area contributed by atoms with Gasteiger partial charge in [0, 0.05) is 18.2 Å². The van der Waals surface area contributed by atoms with Crippen LogP contribution in [0.4, 0.5) is 5.69 Å². The number of aryl methyl sites for hydroxylation is 1. The van der Waals surface area contributed by atoms with E-state index in [2.05, 4.69) is 4.72 Å². The van der Waals surface area contributed by atoms with E-state index in [9.17, 15) is 23.6 Å². The minimum Gasteiger partial charge on any atom is -0.393 e. The van der Waals surface area contributed by atoms with Gasteiger partial charge in [0.25, 0.3) is 5.69 Å². The van der Waals surface area contributed by atoms with Crippen LogP contribution in [0, 0.1) is 17.0 Å². The number of aliphatic hydroxyl groups is 1. The molecular weight excluding hydrogens is 284 g/mol. The molecule has 7 nitrogen and oxygen atoms in total. The summed E-state index contributed by atoms with van der Waals surface area (Å²) in [6.45, 7) is 4.72. The zero-order valence-corrected chi connectivity index (χ0v) is 12.3. The molecule has 0 aliphatic carbocycles. The summed E-state index contributed by atoms with van der Waals surface area (Å²) in [6.07, 6.45) is -0.337. The van der Waals surface area contributed by atoms with Crippen LogP contribution in [0.15, 0.2) is 23.1 Å². The topological polar surface area (TPSA) is 110 Å². The Balaban J connectivity index is 3.01. The van der Waals surface area contributed by atoms with Crippen molar-refractivity contribution in [3.05, 3.63) is 33.9 Å². The number of rotatable bonds is 6. The van der Waals surface area contributed by atoms with Crippen LogP contribution in [0.3, 0.4) is 0 Å². The predicted molar refractivity (Wildman–Crippen MR) is 73.9 cm³/mol. The van der Waals surface area contributed by atoms with Crippen LogP contribution in [-0.4, -0.2) is 30.6 Å². The van der Waals surface area contributed by atoms with E-state index >= 15 is 0 Å². The molecule has 2 unspecified atom stereocenters. The molecule has 0 spiro atoms. The summed E-state index contributed by atoms with van der Waals surface area (Å²) in [5.74, 6) is 0. The summed E-state index contributed by atoms with van der Waals surface area (Å²) in [6, 6.07) is 3.15. The highest BCUT2D eigenvalue weighted by Gasteiger charge is 2.21. The van der Waals surface area contributed by atoms with Crippen molar-refractivity contribution < 1.29 is 18.4 Å². The van der Waals surface area contributed by atoms with E-state index in [0.717, 1.165) is 6.07 Å². The standard InChI is InChI=1S/C12H18N2O5S/c1-8-6-11(14(16)17)4-5-12(8)20(18,19)13-9(2)7-10(3)15/h4-6,9-10,13,15H,7H2,1-3H3. The molecule has 0 fully saturated rings. The van der Waals surface area contributed by atoms with Gasteiger partial charge in [-0.2, -0.15) is 0 Å². The molecule has 20 heavy (non-hydrogen) atoms. The molecule has 8 heteroatoms. The molecule has 0 saturated carbocycles. The minimum absolute atomic E-state index is 0.000503. The van der Waals surface area contributed by atoms with E-state index < -0.39 is 27.1 Å². The van der Waals surface area contributed by atoms with E-state index in [1.165, 1.54) is 19.1 Å². The molecule has 0 radical (unpaired) electrons. The van der Waals surface area contributed by atoms with Crippen LogP contribution in [0.25, 0.3) is 0 Å². The summed E-state index contributed by atoms with van der Waals surface area (Å²) in [5, 5.41) is 19.9. The number of non-ortho nitro benzene ring substituents is 1. The minimum atomic E-state index is -3.76. The molecule has 1 rings (SSSR count). The fraction of sp³-hybridized carbons (Fsp3) is 0.500. The molecule has 0 bridgehead atoms. The summed E-state index contributed by atoms with van der Waals surface area (Å²) in [5.41, 5.74) is 0.148. The lowest BCUT2D eigenvalue weighted by molar-refractivity contribution is -0.385. The van der Waals surface area contributed by atoms with Crippen LogP contribution in [0.2, 0.25) is 0 Å². The highest BCUT2D eigenvalue weighted by molar-refractivity contribution is 7.89. The first-order chi connectivity index (χ1) is 9.13. The normalized spacial score (nSPS) is 14.8. The lowest BCUT2D eigenvalue weighted by Crippen LogP contribution is -2.35. The Hall–Kier alpha value is -1.51. The lowest BCUT2D eigenvalue weighted by Gasteiger charge is -2.16. The number of hydrogen-bond donors (Lipinski definition) is 2. The van der Waals surface area contributed by atoms with Crippen molar-refractivity contribution in [2.45, 2.75) is 44.2 Å². The third-order valence-electron chi connectivity index (χ3n) is 2.71. The molecule has 1 aromatic carbocycles. The van der Waals surface area contributed by atoms with Gasteiger partial charge in [-0.25, -0.2) is 13.1 Å². The number of nitrogens with one attached hydrogen (secondary N) is 1. The van der Waals surface area contributed by atoms with Crippen molar-refractivity contribution in [1.29, 1.82) is 0 Å². The number of nitro benzene ring substituents is 1. The number of benzene rings is 1. The second-order valence-corrected chi connectivity index (χ2v) is 6.50. The Labute approximate surface area is 117 Å². The van der Waals surface area contributed by atoms with Gasteiger partial charge in [-0.1, -0.05) is 0 Å². The van der Waals surface area contributed by atoms with Gasteiger partial charge in [0.1, 0.15) is 0 Å². The molecule has 0 aliphatic heterocycles. The maximum atomic E-state index is 12.2. The fourth-order valence-electron chi connectivity index (χ4n) is 1.94. The van der Waals surface area contributed by atoms with Gasteiger partial charge in [0.05, 0.1) is 15.9 Å². The van der Waals surface area contributed by atoms with Crippen molar-refractivity contribution >= 4 is 15.7 Å². The number of sulfonamides is 1. The largest absolute Gasteiger partial charge is 0.393 e. The summed E-state index contributed by atoms with van der Waals surface area (Å²) >= 11 is 0. The average molecular weight is 302 g/mol. The van der Waals surface area contributed by atoms with Crippen molar-refractivity contribution in [2.24, 2.45) is 0 Å².